The summed E-state index contributed by atoms with van der Waals surface area (Å²) in [4.78, 5) is 12.2. The SMILES string of the molecule is CCOc1cc(C=C(C#N)C(=O)NCCCOC)ccc1OCc1ccccc1. The molecular formula is C23H26N2O4. The molecule has 0 aromatic heterocycles. The molecule has 6 nitrogen and oxygen atoms in total. The van der Waals surface area contributed by atoms with Crippen molar-refractivity contribution in [3.8, 4) is 17.6 Å². The first-order valence-corrected chi connectivity index (χ1v) is 9.50. The van der Waals surface area contributed by atoms with E-state index in [1.165, 1.54) is 6.08 Å². The number of nitrogens with zero attached hydrogens (tertiary/aromatic N) is 1. The highest BCUT2D eigenvalue weighted by atomic mass is 16.5. The Morgan fingerprint density at radius 1 is 1.14 bits per heavy atom. The van der Waals surface area contributed by atoms with Gasteiger partial charge < -0.3 is 19.5 Å². The van der Waals surface area contributed by atoms with Crippen LogP contribution >= 0.6 is 0 Å². The number of ether oxygens (including phenoxy) is 3. The van der Waals surface area contributed by atoms with Gasteiger partial charge in [0.2, 0.25) is 0 Å². The fraction of sp³-hybridized carbons (Fsp3) is 0.304. The Morgan fingerprint density at radius 3 is 2.62 bits per heavy atom. The van der Waals surface area contributed by atoms with E-state index >= 15 is 0 Å². The second-order valence-electron chi connectivity index (χ2n) is 6.19. The average Bonchev–Trinajstić information content (AvgIpc) is 2.75. The second-order valence-corrected chi connectivity index (χ2v) is 6.19. The van der Waals surface area contributed by atoms with Gasteiger partial charge in [0.05, 0.1) is 6.61 Å². The first-order valence-electron chi connectivity index (χ1n) is 9.50. The van der Waals surface area contributed by atoms with Gasteiger partial charge in [0.1, 0.15) is 18.2 Å². The molecule has 1 amide bonds. The topological polar surface area (TPSA) is 80.6 Å². The Kier molecular flexibility index (Phi) is 9.26. The van der Waals surface area contributed by atoms with Crippen molar-refractivity contribution in [2.24, 2.45) is 0 Å². The largest absolute Gasteiger partial charge is 0.490 e. The molecule has 152 valence electrons. The molecular weight excluding hydrogens is 368 g/mol. The lowest BCUT2D eigenvalue weighted by atomic mass is 10.1. The fourth-order valence-corrected chi connectivity index (χ4v) is 2.57. The predicted molar refractivity (Wildman–Crippen MR) is 111 cm³/mol. The molecule has 0 atom stereocenters. The van der Waals surface area contributed by atoms with E-state index < -0.39 is 5.91 Å². The minimum Gasteiger partial charge on any atom is -0.490 e. The number of rotatable bonds is 11. The Bertz CT molecular complexity index is 857. The summed E-state index contributed by atoms with van der Waals surface area (Å²) in [5.74, 6) is 0.760. The second kappa shape index (κ2) is 12.2. The van der Waals surface area contributed by atoms with Crippen LogP contribution in [-0.2, 0) is 16.1 Å². The summed E-state index contributed by atoms with van der Waals surface area (Å²) in [5, 5.41) is 12.1. The van der Waals surface area contributed by atoms with Crippen LogP contribution in [0.25, 0.3) is 6.08 Å². The van der Waals surface area contributed by atoms with Crippen molar-refractivity contribution in [2.45, 2.75) is 20.0 Å². The van der Waals surface area contributed by atoms with E-state index in [0.29, 0.717) is 49.8 Å². The summed E-state index contributed by atoms with van der Waals surface area (Å²) < 4.78 is 16.5. The van der Waals surface area contributed by atoms with Crippen molar-refractivity contribution in [3.63, 3.8) is 0 Å². The van der Waals surface area contributed by atoms with Gasteiger partial charge in [0, 0.05) is 20.3 Å². The minimum absolute atomic E-state index is 0.0304. The maximum atomic E-state index is 12.2. The van der Waals surface area contributed by atoms with Crippen molar-refractivity contribution in [1.82, 2.24) is 5.32 Å². The molecule has 1 N–H and O–H groups in total. The maximum Gasteiger partial charge on any atom is 0.261 e. The monoisotopic (exact) mass is 394 g/mol. The van der Waals surface area contributed by atoms with E-state index in [9.17, 15) is 10.1 Å². The summed E-state index contributed by atoms with van der Waals surface area (Å²) in [5.41, 5.74) is 1.77. The number of methoxy groups -OCH3 is 1. The van der Waals surface area contributed by atoms with Gasteiger partial charge in [-0.1, -0.05) is 36.4 Å². The van der Waals surface area contributed by atoms with E-state index in [1.54, 1.807) is 25.3 Å². The predicted octanol–water partition coefficient (Wildman–Crippen LogP) is 3.72. The fourth-order valence-electron chi connectivity index (χ4n) is 2.57. The van der Waals surface area contributed by atoms with Crippen LogP contribution < -0.4 is 14.8 Å². The molecule has 2 rings (SSSR count). The normalized spacial score (nSPS) is 10.9. The molecule has 0 unspecified atom stereocenters. The highest BCUT2D eigenvalue weighted by molar-refractivity contribution is 6.01. The van der Waals surface area contributed by atoms with Gasteiger partial charge in [-0.05, 0) is 42.7 Å². The molecule has 0 aliphatic rings. The standard InChI is InChI=1S/C23H26N2O4/c1-3-28-22-15-19(14-20(16-24)23(26)25-12-7-13-27-2)10-11-21(22)29-17-18-8-5-4-6-9-18/h4-6,8-11,14-15H,3,7,12-13,17H2,1-2H3,(H,25,26). The smallest absolute Gasteiger partial charge is 0.261 e. The van der Waals surface area contributed by atoms with Crippen LogP contribution in [0.15, 0.2) is 54.1 Å². The first-order chi connectivity index (χ1) is 14.2. The molecule has 0 bridgehead atoms. The van der Waals surface area contributed by atoms with Crippen LogP contribution in [0.3, 0.4) is 0 Å². The van der Waals surface area contributed by atoms with Crippen LogP contribution in [0.5, 0.6) is 11.5 Å². The first kappa shape index (κ1) is 22.0. The molecule has 0 fully saturated rings. The van der Waals surface area contributed by atoms with Crippen molar-refractivity contribution in [3.05, 3.63) is 65.2 Å². The number of amides is 1. The molecule has 2 aromatic rings. The molecule has 0 radical (unpaired) electrons. The lowest BCUT2D eigenvalue weighted by molar-refractivity contribution is -0.117. The number of hydrogen-bond donors (Lipinski definition) is 1. The maximum absolute atomic E-state index is 12.2. The van der Waals surface area contributed by atoms with Gasteiger partial charge in [-0.15, -0.1) is 0 Å². The number of benzene rings is 2. The molecule has 0 heterocycles. The molecule has 0 spiro atoms. The van der Waals surface area contributed by atoms with Crippen molar-refractivity contribution >= 4 is 12.0 Å². The zero-order valence-electron chi connectivity index (χ0n) is 16.8. The molecule has 6 heteroatoms. The van der Waals surface area contributed by atoms with Gasteiger partial charge in [0.15, 0.2) is 11.5 Å². The van der Waals surface area contributed by atoms with Gasteiger partial charge in [-0.25, -0.2) is 0 Å². The zero-order valence-corrected chi connectivity index (χ0v) is 16.8. The van der Waals surface area contributed by atoms with E-state index in [1.807, 2.05) is 43.3 Å². The quantitative estimate of drug-likeness (QED) is 0.357. The summed E-state index contributed by atoms with van der Waals surface area (Å²) in [6, 6.07) is 17.1. The van der Waals surface area contributed by atoms with E-state index in [2.05, 4.69) is 5.32 Å². The molecule has 0 aliphatic carbocycles. The van der Waals surface area contributed by atoms with Gasteiger partial charge in [-0.2, -0.15) is 5.26 Å². The Balaban J connectivity index is 2.11. The summed E-state index contributed by atoms with van der Waals surface area (Å²) >= 11 is 0. The lowest BCUT2D eigenvalue weighted by Crippen LogP contribution is -2.26. The van der Waals surface area contributed by atoms with E-state index in [0.717, 1.165) is 5.56 Å². The van der Waals surface area contributed by atoms with Crippen LogP contribution in [0.4, 0.5) is 0 Å². The summed E-state index contributed by atoms with van der Waals surface area (Å²) in [7, 11) is 1.60. The highest BCUT2D eigenvalue weighted by Gasteiger charge is 2.11. The number of carbonyl (C=O) groups is 1. The zero-order chi connectivity index (χ0) is 20.9. The third-order valence-electron chi connectivity index (χ3n) is 3.99. The lowest BCUT2D eigenvalue weighted by Gasteiger charge is -2.13. The Labute approximate surface area is 171 Å². The summed E-state index contributed by atoms with van der Waals surface area (Å²) in [6.07, 6.45) is 2.22. The Morgan fingerprint density at radius 2 is 1.93 bits per heavy atom. The van der Waals surface area contributed by atoms with Gasteiger partial charge in [-0.3, -0.25) is 4.79 Å². The van der Waals surface area contributed by atoms with Crippen molar-refractivity contribution < 1.29 is 19.0 Å². The van der Waals surface area contributed by atoms with Crippen molar-refractivity contribution in [2.75, 3.05) is 26.9 Å². The molecule has 0 saturated carbocycles. The molecule has 0 saturated heterocycles. The number of hydrogen-bond acceptors (Lipinski definition) is 5. The number of nitriles is 1. The van der Waals surface area contributed by atoms with Gasteiger partial charge in [0.25, 0.3) is 5.91 Å². The van der Waals surface area contributed by atoms with Gasteiger partial charge >= 0.3 is 0 Å². The van der Waals surface area contributed by atoms with Crippen LogP contribution in [-0.4, -0.2) is 32.8 Å². The molecule has 29 heavy (non-hydrogen) atoms. The highest BCUT2D eigenvalue weighted by Crippen LogP contribution is 2.30. The number of carbonyl (C=O) groups excluding carboxylic acids is 1. The molecule has 2 aromatic carbocycles. The van der Waals surface area contributed by atoms with Crippen LogP contribution in [0.1, 0.15) is 24.5 Å². The average molecular weight is 394 g/mol. The van der Waals surface area contributed by atoms with E-state index in [4.69, 9.17) is 14.2 Å². The minimum atomic E-state index is -0.411. The third kappa shape index (κ3) is 7.32. The van der Waals surface area contributed by atoms with Crippen molar-refractivity contribution in [1.29, 1.82) is 5.26 Å². The van der Waals surface area contributed by atoms with E-state index in [-0.39, 0.29) is 5.57 Å². The molecule has 0 aliphatic heterocycles. The Hall–Kier alpha value is -3.30. The number of nitrogens with one attached hydrogen (secondary N) is 1. The summed E-state index contributed by atoms with van der Waals surface area (Å²) in [6.45, 7) is 3.78. The van der Waals surface area contributed by atoms with Crippen LogP contribution in [0.2, 0.25) is 0 Å². The van der Waals surface area contributed by atoms with Crippen LogP contribution in [0, 0.1) is 11.3 Å². The third-order valence-corrected chi connectivity index (χ3v) is 3.99.